The smallest absolute Gasteiger partial charge is 0.326 e. The number of carbonyl (C=O) groups excluding carboxylic acids is 2. The van der Waals surface area contributed by atoms with E-state index in [0.29, 0.717) is 17.1 Å². The molecule has 28 heavy (non-hydrogen) atoms. The quantitative estimate of drug-likeness (QED) is 0.681. The van der Waals surface area contributed by atoms with E-state index in [9.17, 15) is 22.8 Å². The molecule has 1 saturated carbocycles. The topological polar surface area (TPSA) is 76.0 Å². The normalized spacial score (nSPS) is 15.2. The first-order valence-corrected chi connectivity index (χ1v) is 9.41. The average molecular weight is 459 g/mol. The molecule has 1 atom stereocenters. The van der Waals surface area contributed by atoms with Crippen LogP contribution in [0.1, 0.15) is 50.0 Å². The van der Waals surface area contributed by atoms with Crippen LogP contribution in [0.5, 0.6) is 0 Å². The van der Waals surface area contributed by atoms with Crippen LogP contribution in [0.3, 0.4) is 0 Å². The van der Waals surface area contributed by atoms with Crippen LogP contribution in [0.25, 0.3) is 0 Å². The van der Waals surface area contributed by atoms with E-state index in [4.69, 9.17) is 0 Å². The number of benzene rings is 1. The molecule has 3 rings (SSSR count). The van der Waals surface area contributed by atoms with Gasteiger partial charge in [-0.2, -0.15) is 18.3 Å². The van der Waals surface area contributed by atoms with E-state index in [1.807, 2.05) is 0 Å². The molecule has 0 aliphatic heterocycles. The number of nitrogens with zero attached hydrogens (tertiary/aromatic N) is 2. The minimum Gasteiger partial charge on any atom is -0.326 e. The van der Waals surface area contributed by atoms with Gasteiger partial charge in [0.15, 0.2) is 5.69 Å². The second kappa shape index (κ2) is 7.57. The van der Waals surface area contributed by atoms with Crippen molar-refractivity contribution in [1.29, 1.82) is 0 Å². The van der Waals surface area contributed by atoms with Crippen LogP contribution in [-0.2, 0) is 15.8 Å². The zero-order valence-electron chi connectivity index (χ0n) is 15.1. The van der Waals surface area contributed by atoms with Crippen molar-refractivity contribution in [1.82, 2.24) is 9.78 Å². The first-order valence-electron chi connectivity index (χ1n) is 8.61. The lowest BCUT2D eigenvalue weighted by Gasteiger charge is -2.16. The second-order valence-electron chi connectivity index (χ2n) is 6.69. The predicted molar refractivity (Wildman–Crippen MR) is 101 cm³/mol. The number of anilines is 2. The molecule has 1 aromatic carbocycles. The minimum atomic E-state index is -4.61. The first-order chi connectivity index (χ1) is 13.1. The van der Waals surface area contributed by atoms with Gasteiger partial charge in [0.25, 0.3) is 0 Å². The number of aromatic nitrogens is 2. The number of halogens is 4. The van der Waals surface area contributed by atoms with Gasteiger partial charge in [0, 0.05) is 24.2 Å². The minimum absolute atomic E-state index is 0.0369. The van der Waals surface area contributed by atoms with Gasteiger partial charge in [-0.25, -0.2) is 0 Å². The molecule has 1 aliphatic rings. The Bertz CT molecular complexity index is 905. The molecule has 1 aromatic heterocycles. The Hall–Kier alpha value is -2.36. The molecular weight excluding hydrogens is 441 g/mol. The van der Waals surface area contributed by atoms with Crippen LogP contribution >= 0.6 is 15.9 Å². The lowest BCUT2D eigenvalue weighted by atomic mass is 10.2. The summed E-state index contributed by atoms with van der Waals surface area (Å²) < 4.78 is 40.8. The Morgan fingerprint density at radius 3 is 2.18 bits per heavy atom. The van der Waals surface area contributed by atoms with E-state index in [2.05, 4.69) is 31.7 Å². The van der Waals surface area contributed by atoms with E-state index >= 15 is 0 Å². The fraction of sp³-hybridized carbons (Fsp3) is 0.389. The van der Waals surface area contributed by atoms with Crippen molar-refractivity contribution in [3.05, 3.63) is 40.1 Å². The van der Waals surface area contributed by atoms with Crippen LogP contribution < -0.4 is 10.6 Å². The van der Waals surface area contributed by atoms with Crippen LogP contribution in [0.4, 0.5) is 24.5 Å². The molecule has 2 amide bonds. The Morgan fingerprint density at radius 2 is 1.71 bits per heavy atom. The molecule has 1 heterocycles. The number of carbonyl (C=O) groups is 2. The summed E-state index contributed by atoms with van der Waals surface area (Å²) in [7, 11) is 0. The maximum Gasteiger partial charge on any atom is 0.436 e. The fourth-order valence-corrected chi connectivity index (χ4v) is 3.63. The molecule has 10 heteroatoms. The third-order valence-corrected chi connectivity index (χ3v) is 5.12. The zero-order valence-corrected chi connectivity index (χ0v) is 16.7. The zero-order chi connectivity index (χ0) is 20.6. The lowest BCUT2D eigenvalue weighted by molar-refractivity contribution is -0.142. The maximum atomic E-state index is 13.2. The SMILES string of the molecule is CC(=O)Nc1ccc(NC(=O)C(C)n2nc(C(F)(F)F)c(Br)c2C2CC2)cc1. The van der Waals surface area contributed by atoms with E-state index in [0.717, 1.165) is 17.5 Å². The van der Waals surface area contributed by atoms with Crippen LogP contribution in [0.2, 0.25) is 0 Å². The van der Waals surface area contributed by atoms with E-state index in [1.54, 1.807) is 24.3 Å². The van der Waals surface area contributed by atoms with Crippen molar-refractivity contribution in [3.8, 4) is 0 Å². The molecule has 1 unspecified atom stereocenters. The van der Waals surface area contributed by atoms with Crippen LogP contribution in [0.15, 0.2) is 28.7 Å². The van der Waals surface area contributed by atoms with E-state index in [1.165, 1.54) is 13.8 Å². The number of hydrogen-bond donors (Lipinski definition) is 2. The summed E-state index contributed by atoms with van der Waals surface area (Å²) in [6.07, 6.45) is -3.08. The summed E-state index contributed by atoms with van der Waals surface area (Å²) in [6.45, 7) is 2.89. The summed E-state index contributed by atoms with van der Waals surface area (Å²) in [5.41, 5.74) is 0.409. The van der Waals surface area contributed by atoms with Crippen molar-refractivity contribution in [2.45, 2.75) is 44.8 Å². The highest BCUT2D eigenvalue weighted by atomic mass is 79.9. The Labute approximate surface area is 167 Å². The van der Waals surface area contributed by atoms with Gasteiger partial charge in [0.05, 0.1) is 10.2 Å². The Morgan fingerprint density at radius 1 is 1.18 bits per heavy atom. The number of nitrogens with one attached hydrogen (secondary N) is 2. The summed E-state index contributed by atoms with van der Waals surface area (Å²) in [6, 6.07) is 5.49. The molecular formula is C18H18BrF3N4O2. The molecule has 150 valence electrons. The average Bonchev–Trinajstić information content (AvgIpc) is 3.36. The molecule has 0 saturated heterocycles. The van der Waals surface area contributed by atoms with E-state index in [-0.39, 0.29) is 16.3 Å². The molecule has 0 bridgehead atoms. The van der Waals surface area contributed by atoms with E-state index < -0.39 is 23.8 Å². The maximum absolute atomic E-state index is 13.2. The van der Waals surface area contributed by atoms with Gasteiger partial charge in [0.1, 0.15) is 6.04 Å². The molecule has 6 nitrogen and oxygen atoms in total. The number of alkyl halides is 3. The van der Waals surface area contributed by atoms with Crippen molar-refractivity contribution < 1.29 is 22.8 Å². The number of rotatable bonds is 5. The van der Waals surface area contributed by atoms with Gasteiger partial charge in [-0.1, -0.05) is 0 Å². The van der Waals surface area contributed by atoms with Crippen molar-refractivity contribution >= 4 is 39.1 Å². The van der Waals surface area contributed by atoms with Gasteiger partial charge < -0.3 is 10.6 Å². The molecule has 1 aliphatic carbocycles. The third-order valence-electron chi connectivity index (χ3n) is 4.34. The summed E-state index contributed by atoms with van der Waals surface area (Å²) in [4.78, 5) is 23.6. The summed E-state index contributed by atoms with van der Waals surface area (Å²) in [5, 5.41) is 8.96. The number of amides is 2. The Kier molecular flexibility index (Phi) is 5.51. The molecule has 2 N–H and O–H groups in total. The van der Waals surface area contributed by atoms with Gasteiger partial charge in [-0.15, -0.1) is 0 Å². The van der Waals surface area contributed by atoms with Crippen molar-refractivity contribution in [3.63, 3.8) is 0 Å². The molecule has 1 fully saturated rings. The predicted octanol–water partition coefficient (Wildman–Crippen LogP) is 4.70. The molecule has 0 radical (unpaired) electrons. The van der Waals surface area contributed by atoms with Gasteiger partial charge in [-0.3, -0.25) is 14.3 Å². The van der Waals surface area contributed by atoms with Gasteiger partial charge in [-0.05, 0) is 60.0 Å². The van der Waals surface area contributed by atoms with Gasteiger partial charge >= 0.3 is 6.18 Å². The fourth-order valence-electron chi connectivity index (χ4n) is 2.82. The number of hydrogen-bond acceptors (Lipinski definition) is 3. The highest BCUT2D eigenvalue weighted by Crippen LogP contribution is 2.47. The molecule has 2 aromatic rings. The summed E-state index contributed by atoms with van der Waals surface area (Å²) >= 11 is 3.02. The van der Waals surface area contributed by atoms with Crippen LogP contribution in [-0.4, -0.2) is 21.6 Å². The highest BCUT2D eigenvalue weighted by molar-refractivity contribution is 9.10. The van der Waals surface area contributed by atoms with Gasteiger partial charge in [0.2, 0.25) is 11.8 Å². The Balaban J connectivity index is 1.81. The van der Waals surface area contributed by atoms with Crippen LogP contribution in [0, 0.1) is 0 Å². The van der Waals surface area contributed by atoms with Crippen molar-refractivity contribution in [2.75, 3.05) is 10.6 Å². The largest absolute Gasteiger partial charge is 0.436 e. The highest BCUT2D eigenvalue weighted by Gasteiger charge is 2.43. The summed E-state index contributed by atoms with van der Waals surface area (Å²) in [5.74, 6) is -0.745. The monoisotopic (exact) mass is 458 g/mol. The first kappa shape index (κ1) is 20.4. The van der Waals surface area contributed by atoms with Crippen molar-refractivity contribution in [2.24, 2.45) is 0 Å². The third kappa shape index (κ3) is 4.37. The second-order valence-corrected chi connectivity index (χ2v) is 7.48. The standard InChI is InChI=1S/C18H18BrF3N4O2/c1-9(17(28)24-13-7-5-12(6-8-13)23-10(2)27)26-15(11-3-4-11)14(19)16(25-26)18(20,21)22/h5-9,11H,3-4H2,1-2H3,(H,23,27)(H,24,28). The molecule has 0 spiro atoms. The lowest BCUT2D eigenvalue weighted by Crippen LogP contribution is -2.26.